The first-order valence-electron chi connectivity index (χ1n) is 7.66. The Balaban J connectivity index is 1.95. The second kappa shape index (κ2) is 10.4. The van der Waals surface area contributed by atoms with Gasteiger partial charge in [-0.1, -0.05) is 0 Å². The van der Waals surface area contributed by atoms with Gasteiger partial charge in [-0.25, -0.2) is 8.78 Å². The number of nitrogens with two attached hydrogens (primary N) is 1. The summed E-state index contributed by atoms with van der Waals surface area (Å²) in [6, 6.07) is 0. The zero-order chi connectivity index (χ0) is 15.6. The molecule has 0 radical (unpaired) electrons. The van der Waals surface area contributed by atoms with Gasteiger partial charge in [0.1, 0.15) is 6.61 Å². The van der Waals surface area contributed by atoms with Crippen LogP contribution in [0, 0.1) is 0 Å². The van der Waals surface area contributed by atoms with Crippen LogP contribution in [-0.2, 0) is 9.47 Å². The van der Waals surface area contributed by atoms with Gasteiger partial charge in [-0.05, 0) is 19.4 Å². The number of methoxy groups -OCH3 is 1. The van der Waals surface area contributed by atoms with Crippen LogP contribution in [0.1, 0.15) is 12.8 Å². The quantitative estimate of drug-likeness (QED) is 0.568. The van der Waals surface area contributed by atoms with Crippen LogP contribution < -0.4 is 5.73 Å². The highest BCUT2D eigenvalue weighted by atomic mass is 19.3. The lowest BCUT2D eigenvalue weighted by atomic mass is 10.2. The van der Waals surface area contributed by atoms with Crippen LogP contribution in [0.4, 0.5) is 8.78 Å². The summed E-state index contributed by atoms with van der Waals surface area (Å²) in [7, 11) is 1.72. The summed E-state index contributed by atoms with van der Waals surface area (Å²) in [5, 5.41) is 0. The Hall–Kier alpha value is -0.340. The molecule has 0 spiro atoms. The van der Waals surface area contributed by atoms with Gasteiger partial charge in [0.2, 0.25) is 0 Å². The van der Waals surface area contributed by atoms with Crippen molar-refractivity contribution >= 4 is 0 Å². The maximum atomic E-state index is 12.8. The molecule has 0 amide bonds. The van der Waals surface area contributed by atoms with Crippen molar-refractivity contribution in [3.63, 3.8) is 0 Å². The van der Waals surface area contributed by atoms with Gasteiger partial charge in [-0.2, -0.15) is 0 Å². The Bertz CT molecular complexity index is 263. The van der Waals surface area contributed by atoms with Crippen LogP contribution in [0.5, 0.6) is 0 Å². The molecule has 0 bridgehead atoms. The Morgan fingerprint density at radius 2 is 1.62 bits per heavy atom. The summed E-state index contributed by atoms with van der Waals surface area (Å²) in [6.45, 7) is 6.22. The maximum absolute atomic E-state index is 12.8. The predicted molar refractivity (Wildman–Crippen MR) is 78.8 cm³/mol. The molecule has 1 rings (SSSR count). The van der Waals surface area contributed by atoms with Gasteiger partial charge in [-0.15, -0.1) is 0 Å². The van der Waals surface area contributed by atoms with Crippen molar-refractivity contribution in [1.82, 2.24) is 9.80 Å². The summed E-state index contributed by atoms with van der Waals surface area (Å²) in [4.78, 5) is 4.82. The molecule has 0 aliphatic carbocycles. The van der Waals surface area contributed by atoms with Crippen LogP contribution in [0.15, 0.2) is 0 Å². The summed E-state index contributed by atoms with van der Waals surface area (Å²) >= 11 is 0. The molecular weight excluding hydrogens is 280 g/mol. The topological polar surface area (TPSA) is 51.0 Å². The van der Waals surface area contributed by atoms with Gasteiger partial charge in [0.15, 0.2) is 0 Å². The van der Waals surface area contributed by atoms with Crippen molar-refractivity contribution in [2.24, 2.45) is 5.73 Å². The third-order valence-electron chi connectivity index (χ3n) is 3.70. The van der Waals surface area contributed by atoms with E-state index in [1.54, 1.807) is 7.11 Å². The molecule has 0 unspecified atom stereocenters. The highest BCUT2D eigenvalue weighted by Gasteiger charge is 2.26. The van der Waals surface area contributed by atoms with Crippen LogP contribution >= 0.6 is 0 Å². The number of ether oxygens (including phenoxy) is 2. The lowest BCUT2D eigenvalue weighted by molar-refractivity contribution is -0.0699. The van der Waals surface area contributed by atoms with Crippen LogP contribution in [0.2, 0.25) is 0 Å². The summed E-state index contributed by atoms with van der Waals surface area (Å²) in [5.74, 6) is -2.89. The molecule has 5 nitrogen and oxygen atoms in total. The molecule has 0 atom stereocenters. The van der Waals surface area contributed by atoms with Crippen molar-refractivity contribution in [3.8, 4) is 0 Å². The summed E-state index contributed by atoms with van der Waals surface area (Å²) < 4.78 is 35.7. The zero-order valence-electron chi connectivity index (χ0n) is 13.0. The number of rotatable bonds is 11. The fourth-order valence-electron chi connectivity index (χ4n) is 2.28. The number of piperazine rings is 1. The Labute approximate surface area is 126 Å². The van der Waals surface area contributed by atoms with E-state index in [4.69, 9.17) is 15.2 Å². The number of hydrogen-bond donors (Lipinski definition) is 1. The molecule has 0 aromatic carbocycles. The predicted octanol–water partition coefficient (Wildman–Crippen LogP) is 0.641. The van der Waals surface area contributed by atoms with E-state index in [0.29, 0.717) is 6.61 Å². The average molecular weight is 309 g/mol. The smallest absolute Gasteiger partial charge is 0.282 e. The van der Waals surface area contributed by atoms with Crippen molar-refractivity contribution in [3.05, 3.63) is 0 Å². The van der Waals surface area contributed by atoms with E-state index in [2.05, 4.69) is 9.80 Å². The minimum atomic E-state index is -2.89. The summed E-state index contributed by atoms with van der Waals surface area (Å²) in [6.07, 6.45) is 1.79. The number of unbranched alkanes of at least 4 members (excludes halogenated alkanes) is 1. The molecule has 126 valence electrons. The van der Waals surface area contributed by atoms with Gasteiger partial charge >= 0.3 is 0 Å². The third-order valence-corrected chi connectivity index (χ3v) is 3.70. The average Bonchev–Trinajstić information content (AvgIpc) is 2.50. The molecule has 0 saturated carbocycles. The number of hydrogen-bond acceptors (Lipinski definition) is 5. The first-order chi connectivity index (χ1) is 10.1. The first-order valence-corrected chi connectivity index (χ1v) is 7.66. The Morgan fingerprint density at radius 3 is 2.19 bits per heavy atom. The van der Waals surface area contributed by atoms with E-state index in [-0.39, 0.29) is 0 Å². The molecule has 0 aromatic heterocycles. The van der Waals surface area contributed by atoms with Crippen molar-refractivity contribution in [2.45, 2.75) is 18.8 Å². The molecule has 7 heteroatoms. The van der Waals surface area contributed by atoms with Crippen LogP contribution in [0.25, 0.3) is 0 Å². The van der Waals surface area contributed by atoms with Gasteiger partial charge in [0.25, 0.3) is 5.92 Å². The second-order valence-corrected chi connectivity index (χ2v) is 5.50. The molecule has 1 fully saturated rings. The number of alkyl halides is 2. The fourth-order valence-corrected chi connectivity index (χ4v) is 2.28. The highest BCUT2D eigenvalue weighted by molar-refractivity contribution is 4.71. The molecule has 0 aromatic rings. The minimum absolute atomic E-state index is 0.378. The van der Waals surface area contributed by atoms with E-state index in [1.165, 1.54) is 0 Å². The minimum Gasteiger partial charge on any atom is -0.383 e. The molecule has 1 saturated heterocycles. The first kappa shape index (κ1) is 18.7. The second-order valence-electron chi connectivity index (χ2n) is 5.50. The zero-order valence-corrected chi connectivity index (χ0v) is 13.0. The third kappa shape index (κ3) is 8.63. The summed E-state index contributed by atoms with van der Waals surface area (Å²) in [5.41, 5.74) is 4.94. The van der Waals surface area contributed by atoms with Gasteiger partial charge in [0.05, 0.1) is 13.2 Å². The number of nitrogens with zero attached hydrogens (tertiary/aromatic N) is 2. The van der Waals surface area contributed by atoms with Crippen LogP contribution in [0.3, 0.4) is 0 Å². The highest BCUT2D eigenvalue weighted by Crippen LogP contribution is 2.11. The van der Waals surface area contributed by atoms with Gasteiger partial charge in [0, 0.05) is 46.4 Å². The van der Waals surface area contributed by atoms with E-state index >= 15 is 0 Å². The van der Waals surface area contributed by atoms with Gasteiger partial charge < -0.3 is 20.1 Å². The molecular formula is C14H29F2N3O2. The largest absolute Gasteiger partial charge is 0.383 e. The standard InChI is InChI=1S/C14H29F2N3O2/c1-20-11-9-19-7-5-18(6-8-19)4-2-3-10-21-13-14(15,16)12-17/h2-13,17H2,1H3. The molecule has 1 heterocycles. The van der Waals surface area contributed by atoms with Crippen molar-refractivity contribution in [1.29, 1.82) is 0 Å². The Kier molecular flexibility index (Phi) is 9.26. The Morgan fingerprint density at radius 1 is 1.00 bits per heavy atom. The maximum Gasteiger partial charge on any atom is 0.282 e. The normalized spacial score (nSPS) is 18.3. The van der Waals surface area contributed by atoms with Gasteiger partial charge in [-0.3, -0.25) is 4.90 Å². The molecule has 1 aliphatic heterocycles. The van der Waals surface area contributed by atoms with Crippen LogP contribution in [-0.4, -0.2) is 88.5 Å². The SMILES string of the molecule is COCCN1CCN(CCCCOCC(F)(F)CN)CC1. The van der Waals surface area contributed by atoms with E-state index < -0.39 is 19.1 Å². The van der Waals surface area contributed by atoms with E-state index in [9.17, 15) is 8.78 Å². The van der Waals surface area contributed by atoms with E-state index in [0.717, 1.165) is 58.7 Å². The van der Waals surface area contributed by atoms with Crippen molar-refractivity contribution < 1.29 is 18.3 Å². The van der Waals surface area contributed by atoms with E-state index in [1.807, 2.05) is 0 Å². The molecule has 21 heavy (non-hydrogen) atoms. The monoisotopic (exact) mass is 309 g/mol. The molecule has 2 N–H and O–H groups in total. The number of halogens is 2. The fraction of sp³-hybridized carbons (Fsp3) is 1.00. The van der Waals surface area contributed by atoms with Crippen molar-refractivity contribution in [2.75, 3.05) is 72.7 Å². The lowest BCUT2D eigenvalue weighted by Gasteiger charge is -2.34. The lowest BCUT2D eigenvalue weighted by Crippen LogP contribution is -2.47. The molecule has 1 aliphatic rings.